The Morgan fingerprint density at radius 2 is 2.06 bits per heavy atom. The molecule has 0 aliphatic carbocycles. The number of sulfonamides is 1. The number of halogens is 1. The zero-order chi connectivity index (χ0) is 13.2. The molecule has 6 heteroatoms. The normalized spacial score (nSPS) is 13.6. The SMILES string of the molecule is CCC(C)NS(=O)(=O)c1cc(N)c(C)cc1F. The zero-order valence-electron chi connectivity index (χ0n) is 10.1. The maximum absolute atomic E-state index is 13.6. The van der Waals surface area contributed by atoms with Gasteiger partial charge in [-0.1, -0.05) is 6.92 Å². The monoisotopic (exact) mass is 260 g/mol. The summed E-state index contributed by atoms with van der Waals surface area (Å²) in [6.45, 7) is 5.18. The van der Waals surface area contributed by atoms with Crippen LogP contribution in [0.1, 0.15) is 25.8 Å². The lowest BCUT2D eigenvalue weighted by atomic mass is 10.2. The molecular weight excluding hydrogens is 243 g/mol. The Morgan fingerprint density at radius 3 is 2.59 bits per heavy atom. The Hall–Kier alpha value is -1.14. The second-order valence-corrected chi connectivity index (χ2v) is 5.75. The topological polar surface area (TPSA) is 72.2 Å². The minimum absolute atomic E-state index is 0.248. The van der Waals surface area contributed by atoms with Gasteiger partial charge in [-0.15, -0.1) is 0 Å². The van der Waals surface area contributed by atoms with Crippen molar-refractivity contribution in [3.05, 3.63) is 23.5 Å². The number of anilines is 1. The van der Waals surface area contributed by atoms with Crippen LogP contribution in [0, 0.1) is 12.7 Å². The molecule has 3 N–H and O–H groups in total. The van der Waals surface area contributed by atoms with Gasteiger partial charge in [0.1, 0.15) is 10.7 Å². The van der Waals surface area contributed by atoms with Crippen LogP contribution >= 0.6 is 0 Å². The van der Waals surface area contributed by atoms with Gasteiger partial charge >= 0.3 is 0 Å². The van der Waals surface area contributed by atoms with Crippen molar-refractivity contribution in [1.82, 2.24) is 4.72 Å². The van der Waals surface area contributed by atoms with E-state index in [2.05, 4.69) is 4.72 Å². The number of rotatable bonds is 4. The van der Waals surface area contributed by atoms with E-state index in [1.807, 2.05) is 6.92 Å². The lowest BCUT2D eigenvalue weighted by Crippen LogP contribution is -2.32. The van der Waals surface area contributed by atoms with Crippen molar-refractivity contribution in [2.75, 3.05) is 5.73 Å². The standard InChI is InChI=1S/C11H17FN2O2S/c1-4-8(3)14-17(15,16)11-6-10(13)7(2)5-9(11)12/h5-6,8,14H,4,13H2,1-3H3. The first-order valence-electron chi connectivity index (χ1n) is 5.36. The molecule has 1 aromatic carbocycles. The highest BCUT2D eigenvalue weighted by atomic mass is 32.2. The lowest BCUT2D eigenvalue weighted by molar-refractivity contribution is 0.539. The van der Waals surface area contributed by atoms with Gasteiger partial charge in [0.25, 0.3) is 0 Å². The van der Waals surface area contributed by atoms with Crippen LogP contribution in [0.3, 0.4) is 0 Å². The van der Waals surface area contributed by atoms with Crippen LogP contribution in [0.15, 0.2) is 17.0 Å². The number of nitrogen functional groups attached to an aromatic ring is 1. The second-order valence-electron chi connectivity index (χ2n) is 4.07. The molecule has 0 heterocycles. The van der Waals surface area contributed by atoms with Crippen LogP contribution in [0.5, 0.6) is 0 Å². The fraction of sp³-hybridized carbons (Fsp3) is 0.455. The van der Waals surface area contributed by atoms with Gasteiger partial charge in [-0.2, -0.15) is 0 Å². The van der Waals surface area contributed by atoms with Gasteiger partial charge in [0.2, 0.25) is 10.0 Å². The molecule has 0 fully saturated rings. The first-order chi connectivity index (χ1) is 7.77. The minimum Gasteiger partial charge on any atom is -0.398 e. The van der Waals surface area contributed by atoms with Crippen molar-refractivity contribution in [2.24, 2.45) is 0 Å². The predicted molar refractivity (Wildman–Crippen MR) is 65.6 cm³/mol. The number of aryl methyl sites for hydroxylation is 1. The van der Waals surface area contributed by atoms with Crippen molar-refractivity contribution in [3.8, 4) is 0 Å². The summed E-state index contributed by atoms with van der Waals surface area (Å²) in [6.07, 6.45) is 0.627. The first kappa shape index (κ1) is 13.9. The Morgan fingerprint density at radius 1 is 1.47 bits per heavy atom. The van der Waals surface area contributed by atoms with E-state index in [0.29, 0.717) is 12.0 Å². The second kappa shape index (κ2) is 5.01. The summed E-state index contributed by atoms with van der Waals surface area (Å²) in [6, 6.07) is 2.03. The van der Waals surface area contributed by atoms with Crippen LogP contribution in [0.4, 0.5) is 10.1 Å². The highest BCUT2D eigenvalue weighted by molar-refractivity contribution is 7.89. The van der Waals surface area contributed by atoms with E-state index in [1.54, 1.807) is 13.8 Å². The van der Waals surface area contributed by atoms with Gasteiger partial charge < -0.3 is 5.73 Å². The number of nitrogens with one attached hydrogen (secondary N) is 1. The van der Waals surface area contributed by atoms with Crippen LogP contribution < -0.4 is 10.5 Å². The molecule has 0 radical (unpaired) electrons. The summed E-state index contributed by atoms with van der Waals surface area (Å²) < 4.78 is 39.8. The van der Waals surface area contributed by atoms with E-state index in [0.717, 1.165) is 12.1 Å². The summed E-state index contributed by atoms with van der Waals surface area (Å²) >= 11 is 0. The van der Waals surface area contributed by atoms with Crippen molar-refractivity contribution in [1.29, 1.82) is 0 Å². The minimum atomic E-state index is -3.85. The Labute approximate surface area is 101 Å². The molecule has 0 aromatic heterocycles. The Kier molecular flexibility index (Phi) is 4.11. The van der Waals surface area contributed by atoms with E-state index >= 15 is 0 Å². The number of hydrogen-bond acceptors (Lipinski definition) is 3. The molecule has 0 bridgehead atoms. The fourth-order valence-corrected chi connectivity index (χ4v) is 2.71. The van der Waals surface area contributed by atoms with E-state index in [9.17, 15) is 12.8 Å². The summed E-state index contributed by atoms with van der Waals surface area (Å²) in [7, 11) is -3.85. The molecule has 0 saturated heterocycles. The molecule has 1 atom stereocenters. The summed E-state index contributed by atoms with van der Waals surface area (Å²) in [5.74, 6) is -0.785. The molecule has 4 nitrogen and oxygen atoms in total. The Bertz CT molecular complexity index is 514. The third-order valence-electron chi connectivity index (χ3n) is 2.58. The summed E-state index contributed by atoms with van der Waals surface area (Å²) in [5, 5.41) is 0. The molecule has 0 spiro atoms. The van der Waals surface area contributed by atoms with Gasteiger partial charge in [0.05, 0.1) is 0 Å². The van der Waals surface area contributed by atoms with Gasteiger partial charge in [-0.25, -0.2) is 17.5 Å². The average molecular weight is 260 g/mol. The molecule has 1 rings (SSSR count). The fourth-order valence-electron chi connectivity index (χ4n) is 1.29. The van der Waals surface area contributed by atoms with Gasteiger partial charge in [-0.05, 0) is 38.0 Å². The van der Waals surface area contributed by atoms with Crippen molar-refractivity contribution < 1.29 is 12.8 Å². The number of benzene rings is 1. The van der Waals surface area contributed by atoms with Gasteiger partial charge in [0.15, 0.2) is 0 Å². The van der Waals surface area contributed by atoms with Crippen molar-refractivity contribution >= 4 is 15.7 Å². The van der Waals surface area contributed by atoms with E-state index in [4.69, 9.17) is 5.73 Å². The maximum Gasteiger partial charge on any atom is 0.243 e. The maximum atomic E-state index is 13.6. The lowest BCUT2D eigenvalue weighted by Gasteiger charge is -2.13. The Balaban J connectivity index is 3.20. The summed E-state index contributed by atoms with van der Waals surface area (Å²) in [5.41, 5.74) is 6.37. The highest BCUT2D eigenvalue weighted by Crippen LogP contribution is 2.21. The summed E-state index contributed by atoms with van der Waals surface area (Å²) in [4.78, 5) is -0.402. The highest BCUT2D eigenvalue weighted by Gasteiger charge is 2.21. The number of nitrogens with two attached hydrogens (primary N) is 1. The first-order valence-corrected chi connectivity index (χ1v) is 6.84. The van der Waals surface area contributed by atoms with Crippen LogP contribution in [0.2, 0.25) is 0 Å². The molecule has 96 valence electrons. The molecule has 0 aliphatic rings. The van der Waals surface area contributed by atoms with E-state index in [1.165, 1.54) is 0 Å². The van der Waals surface area contributed by atoms with E-state index in [-0.39, 0.29) is 11.7 Å². The third-order valence-corrected chi connectivity index (χ3v) is 4.18. The van der Waals surface area contributed by atoms with Crippen LogP contribution in [-0.2, 0) is 10.0 Å². The molecule has 0 aliphatic heterocycles. The molecular formula is C11H17FN2O2S. The van der Waals surface area contributed by atoms with Crippen molar-refractivity contribution in [3.63, 3.8) is 0 Å². The smallest absolute Gasteiger partial charge is 0.243 e. The molecule has 0 saturated carbocycles. The molecule has 1 unspecified atom stereocenters. The van der Waals surface area contributed by atoms with E-state index < -0.39 is 20.7 Å². The predicted octanol–water partition coefficient (Wildman–Crippen LogP) is 1.79. The van der Waals surface area contributed by atoms with Crippen LogP contribution in [-0.4, -0.2) is 14.5 Å². The number of hydrogen-bond donors (Lipinski definition) is 2. The van der Waals surface area contributed by atoms with Crippen molar-refractivity contribution in [2.45, 2.75) is 38.1 Å². The van der Waals surface area contributed by atoms with Crippen LogP contribution in [0.25, 0.3) is 0 Å². The van der Waals surface area contributed by atoms with Gasteiger partial charge in [0, 0.05) is 11.7 Å². The molecule has 0 amide bonds. The quantitative estimate of drug-likeness (QED) is 0.811. The third kappa shape index (κ3) is 3.17. The average Bonchev–Trinajstić information content (AvgIpc) is 2.22. The largest absolute Gasteiger partial charge is 0.398 e. The molecule has 17 heavy (non-hydrogen) atoms. The van der Waals surface area contributed by atoms with Gasteiger partial charge in [-0.3, -0.25) is 0 Å². The molecule has 1 aromatic rings. The zero-order valence-corrected chi connectivity index (χ0v) is 10.9.